The molecule has 0 aliphatic rings. The summed E-state index contributed by atoms with van der Waals surface area (Å²) in [6.07, 6.45) is 0.169. The molecule has 0 atom stereocenters. The molecule has 126 valence electrons. The van der Waals surface area contributed by atoms with Gasteiger partial charge in [-0.05, 0) is 49.9 Å². The normalized spacial score (nSPS) is 10.3. The number of ether oxygens (including phenoxy) is 1. The van der Waals surface area contributed by atoms with Gasteiger partial charge in [0.1, 0.15) is 0 Å². The van der Waals surface area contributed by atoms with Gasteiger partial charge in [0.2, 0.25) is 0 Å². The lowest BCUT2D eigenvalue weighted by atomic mass is 10.1. The molecule has 0 saturated carbocycles. The van der Waals surface area contributed by atoms with E-state index in [9.17, 15) is 9.59 Å². The van der Waals surface area contributed by atoms with Crippen molar-refractivity contribution in [2.45, 2.75) is 34.1 Å². The fourth-order valence-electron chi connectivity index (χ4n) is 2.71. The maximum absolute atomic E-state index is 12.0. The SMILES string of the molecule is Cc1cc(C)c(NC(=O)COC(=O)Cc2ccccc2C)c(C)c1. The van der Waals surface area contributed by atoms with Crippen LogP contribution < -0.4 is 5.32 Å². The van der Waals surface area contributed by atoms with Crippen molar-refractivity contribution in [3.63, 3.8) is 0 Å². The zero-order valence-corrected chi connectivity index (χ0v) is 14.6. The predicted molar refractivity (Wildman–Crippen MR) is 95.1 cm³/mol. The van der Waals surface area contributed by atoms with Crippen molar-refractivity contribution >= 4 is 17.6 Å². The second-order valence-corrected chi connectivity index (χ2v) is 6.09. The van der Waals surface area contributed by atoms with Crippen LogP contribution in [-0.4, -0.2) is 18.5 Å². The van der Waals surface area contributed by atoms with E-state index in [-0.39, 0.29) is 18.9 Å². The van der Waals surface area contributed by atoms with Gasteiger partial charge in [-0.25, -0.2) is 0 Å². The summed E-state index contributed by atoms with van der Waals surface area (Å²) in [5.41, 5.74) is 5.85. The summed E-state index contributed by atoms with van der Waals surface area (Å²) in [7, 11) is 0. The van der Waals surface area contributed by atoms with E-state index >= 15 is 0 Å². The average Bonchev–Trinajstić information content (AvgIpc) is 2.51. The Balaban J connectivity index is 1.90. The van der Waals surface area contributed by atoms with Crippen LogP contribution in [0.5, 0.6) is 0 Å². The average molecular weight is 325 g/mol. The van der Waals surface area contributed by atoms with E-state index in [0.717, 1.165) is 33.5 Å². The first-order chi connectivity index (χ1) is 11.4. The van der Waals surface area contributed by atoms with Crippen LogP contribution in [0.15, 0.2) is 36.4 Å². The lowest BCUT2D eigenvalue weighted by molar-refractivity contribution is -0.146. The number of benzene rings is 2. The van der Waals surface area contributed by atoms with Crippen LogP contribution in [0, 0.1) is 27.7 Å². The molecule has 2 aromatic carbocycles. The number of hydrogen-bond acceptors (Lipinski definition) is 3. The summed E-state index contributed by atoms with van der Waals surface area (Å²) in [6.45, 7) is 7.56. The number of hydrogen-bond donors (Lipinski definition) is 1. The van der Waals surface area contributed by atoms with E-state index in [0.29, 0.717) is 0 Å². The summed E-state index contributed by atoms with van der Waals surface area (Å²) < 4.78 is 5.09. The maximum Gasteiger partial charge on any atom is 0.310 e. The van der Waals surface area contributed by atoms with E-state index in [2.05, 4.69) is 5.32 Å². The van der Waals surface area contributed by atoms with Gasteiger partial charge in [0, 0.05) is 5.69 Å². The molecule has 2 rings (SSSR count). The van der Waals surface area contributed by atoms with Gasteiger partial charge in [0.15, 0.2) is 6.61 Å². The Kier molecular flexibility index (Phi) is 5.74. The van der Waals surface area contributed by atoms with E-state index in [1.54, 1.807) is 0 Å². The smallest absolute Gasteiger partial charge is 0.310 e. The molecule has 0 unspecified atom stereocenters. The lowest BCUT2D eigenvalue weighted by Gasteiger charge is -2.13. The second-order valence-electron chi connectivity index (χ2n) is 6.09. The minimum Gasteiger partial charge on any atom is -0.455 e. The van der Waals surface area contributed by atoms with Crippen molar-refractivity contribution in [2.75, 3.05) is 11.9 Å². The molecule has 0 saturated heterocycles. The Bertz CT molecular complexity index is 742. The Morgan fingerprint density at radius 3 is 2.21 bits per heavy atom. The van der Waals surface area contributed by atoms with Gasteiger partial charge in [-0.3, -0.25) is 9.59 Å². The van der Waals surface area contributed by atoms with Gasteiger partial charge in [-0.1, -0.05) is 42.0 Å². The number of esters is 1. The first kappa shape index (κ1) is 17.7. The quantitative estimate of drug-likeness (QED) is 0.854. The molecule has 4 heteroatoms. The largest absolute Gasteiger partial charge is 0.455 e. The molecule has 0 fully saturated rings. The highest BCUT2D eigenvalue weighted by Crippen LogP contribution is 2.21. The summed E-state index contributed by atoms with van der Waals surface area (Å²) in [4.78, 5) is 23.9. The monoisotopic (exact) mass is 325 g/mol. The zero-order valence-electron chi connectivity index (χ0n) is 14.6. The van der Waals surface area contributed by atoms with Crippen LogP contribution in [0.1, 0.15) is 27.8 Å². The first-order valence-corrected chi connectivity index (χ1v) is 7.94. The molecule has 1 amide bonds. The molecule has 0 aliphatic heterocycles. The summed E-state index contributed by atoms with van der Waals surface area (Å²) in [6, 6.07) is 11.6. The number of carbonyl (C=O) groups excluding carboxylic acids is 2. The minimum absolute atomic E-state index is 0.169. The van der Waals surface area contributed by atoms with Crippen molar-refractivity contribution in [3.8, 4) is 0 Å². The van der Waals surface area contributed by atoms with Crippen LogP contribution in [0.3, 0.4) is 0 Å². The number of nitrogens with one attached hydrogen (secondary N) is 1. The number of aryl methyl sites for hydroxylation is 4. The molecule has 0 spiro atoms. The molecular formula is C20H23NO3. The van der Waals surface area contributed by atoms with Crippen molar-refractivity contribution in [3.05, 3.63) is 64.2 Å². The molecule has 4 nitrogen and oxygen atoms in total. The topological polar surface area (TPSA) is 55.4 Å². The van der Waals surface area contributed by atoms with Gasteiger partial charge >= 0.3 is 5.97 Å². The number of rotatable bonds is 5. The molecular weight excluding hydrogens is 302 g/mol. The van der Waals surface area contributed by atoms with Gasteiger partial charge < -0.3 is 10.1 Å². The fraction of sp³-hybridized carbons (Fsp3) is 0.300. The minimum atomic E-state index is -0.406. The van der Waals surface area contributed by atoms with Crippen molar-refractivity contribution in [2.24, 2.45) is 0 Å². The van der Waals surface area contributed by atoms with Crippen LogP contribution >= 0.6 is 0 Å². The van der Waals surface area contributed by atoms with Crippen molar-refractivity contribution in [1.82, 2.24) is 0 Å². The van der Waals surface area contributed by atoms with Gasteiger partial charge in [-0.15, -0.1) is 0 Å². The third-order valence-electron chi connectivity index (χ3n) is 3.90. The van der Waals surface area contributed by atoms with E-state index < -0.39 is 5.97 Å². The van der Waals surface area contributed by atoms with Crippen LogP contribution in [0.2, 0.25) is 0 Å². The van der Waals surface area contributed by atoms with Gasteiger partial charge in [-0.2, -0.15) is 0 Å². The molecule has 0 radical (unpaired) electrons. The molecule has 0 aromatic heterocycles. The first-order valence-electron chi connectivity index (χ1n) is 7.94. The Morgan fingerprint density at radius 1 is 0.958 bits per heavy atom. The van der Waals surface area contributed by atoms with Crippen LogP contribution in [-0.2, 0) is 20.7 Å². The van der Waals surface area contributed by atoms with Gasteiger partial charge in [0.25, 0.3) is 5.91 Å². The summed E-state index contributed by atoms with van der Waals surface area (Å²) in [5.74, 6) is -0.736. The maximum atomic E-state index is 12.0. The highest BCUT2D eigenvalue weighted by molar-refractivity contribution is 5.94. The Labute approximate surface area is 142 Å². The molecule has 1 N–H and O–H groups in total. The number of carbonyl (C=O) groups is 2. The van der Waals surface area contributed by atoms with Crippen molar-refractivity contribution < 1.29 is 14.3 Å². The van der Waals surface area contributed by atoms with E-state index in [1.165, 1.54) is 0 Å². The predicted octanol–water partition coefficient (Wildman–Crippen LogP) is 3.64. The molecule has 24 heavy (non-hydrogen) atoms. The van der Waals surface area contributed by atoms with Crippen LogP contribution in [0.4, 0.5) is 5.69 Å². The molecule has 0 aliphatic carbocycles. The van der Waals surface area contributed by atoms with E-state index in [1.807, 2.05) is 64.1 Å². The fourth-order valence-corrected chi connectivity index (χ4v) is 2.71. The lowest BCUT2D eigenvalue weighted by Crippen LogP contribution is -2.22. The van der Waals surface area contributed by atoms with E-state index in [4.69, 9.17) is 4.74 Å². The van der Waals surface area contributed by atoms with Gasteiger partial charge in [0.05, 0.1) is 6.42 Å². The van der Waals surface area contributed by atoms with Crippen molar-refractivity contribution in [1.29, 1.82) is 0 Å². The third kappa shape index (κ3) is 4.69. The molecule has 2 aromatic rings. The highest BCUT2D eigenvalue weighted by atomic mass is 16.5. The standard InChI is InChI=1S/C20H23NO3/c1-13-9-15(3)20(16(4)10-13)21-18(22)12-24-19(23)11-17-8-6-5-7-14(17)2/h5-10H,11-12H2,1-4H3,(H,21,22). The Hall–Kier alpha value is -2.62. The Morgan fingerprint density at radius 2 is 1.58 bits per heavy atom. The zero-order chi connectivity index (χ0) is 17.7. The highest BCUT2D eigenvalue weighted by Gasteiger charge is 2.12. The molecule has 0 bridgehead atoms. The van der Waals surface area contributed by atoms with Crippen LogP contribution in [0.25, 0.3) is 0 Å². The summed E-state index contributed by atoms with van der Waals surface area (Å²) in [5, 5.41) is 2.82. The number of amides is 1. The third-order valence-corrected chi connectivity index (χ3v) is 3.90. The molecule has 0 heterocycles. The summed E-state index contributed by atoms with van der Waals surface area (Å²) >= 11 is 0. The second kappa shape index (κ2) is 7.77. The number of anilines is 1.